The smallest absolute Gasteiger partial charge is 0.442 e. The van der Waals surface area contributed by atoms with Crippen molar-refractivity contribution in [3.63, 3.8) is 0 Å². The SMILES string of the molecule is C.CC(C)(C)OC(=O)n1cc(B2OC(C)(C)C(C)(C)O2)cn1.CC1(C)OB(c2cn[nH]c2)OC1(C)C.Nc1cccc(-c2cn[nH]c2)c1.O=[N+]([O-])c1cccc(-c2cn[nH]c2)c1.O=[N+]([O-])c1cccc(Br)c1.[Fe]. The first-order valence-electron chi connectivity index (χ1n) is 22.1. The van der Waals surface area contributed by atoms with Crippen molar-refractivity contribution in [3.05, 3.63) is 147 Å². The van der Waals surface area contributed by atoms with E-state index in [0.29, 0.717) is 5.46 Å². The third-order valence-electron chi connectivity index (χ3n) is 11.4. The second-order valence-electron chi connectivity index (χ2n) is 19.1. The number of nitro groups is 2. The third kappa shape index (κ3) is 17.1. The molecule has 3 aromatic carbocycles. The van der Waals surface area contributed by atoms with Crippen LogP contribution in [0.25, 0.3) is 22.3 Å². The minimum atomic E-state index is -0.562. The molecule has 0 radical (unpaired) electrons. The molecule has 390 valence electrons. The largest absolute Gasteiger partial charge is 0.498 e. The Kier molecular flexibility index (Phi) is 21.2. The number of rotatable bonds is 6. The first-order valence-corrected chi connectivity index (χ1v) is 22.9. The molecule has 0 aliphatic carbocycles. The van der Waals surface area contributed by atoms with E-state index in [-0.39, 0.29) is 54.2 Å². The standard InChI is InChI=1S/C14H23BN2O4.C9H15BN2O2.C9H7N3O2.C9H9N3.C6H4BrNO2.CH4.Fe/c1-12(2,3)19-11(18)17-9-10(8-16-17)15-20-13(4,5)14(6,7)21-15;1-8(2)9(3,4)14-10(13-8)7-5-11-12-6-7;13-12(14)9-3-1-2-7(4-9)8-5-10-11-6-8;10-9-3-1-2-7(4-9)8-5-11-12-6-8;7-5-2-1-3-6(4-5)8(9)10;;/h8-9H,1-7H3;5-6H,1-4H3,(H,11,12);1-6H,(H,10,11);1-6H,10H2,(H,11,12);1-4H;1H4;. The number of nitrogen functional groups attached to an aromatic ring is 1. The first kappa shape index (κ1) is 60.8. The molecule has 9 rings (SSSR count). The molecule has 0 bridgehead atoms. The molecule has 4 aromatic heterocycles. The van der Waals surface area contributed by atoms with E-state index in [4.69, 9.17) is 29.1 Å². The molecule has 7 aromatic rings. The van der Waals surface area contributed by atoms with Crippen LogP contribution in [-0.4, -0.2) is 98.6 Å². The van der Waals surface area contributed by atoms with Crippen LogP contribution in [0.5, 0.6) is 0 Å². The molecule has 6 heterocycles. The Morgan fingerprint density at radius 1 is 0.658 bits per heavy atom. The van der Waals surface area contributed by atoms with Crippen LogP contribution in [0, 0.1) is 20.2 Å². The number of hydrogen-bond acceptors (Lipinski definition) is 15. The zero-order valence-corrected chi connectivity index (χ0v) is 44.4. The Hall–Kier alpha value is -6.46. The van der Waals surface area contributed by atoms with E-state index < -0.39 is 39.9 Å². The van der Waals surface area contributed by atoms with Crippen molar-refractivity contribution in [2.24, 2.45) is 0 Å². The summed E-state index contributed by atoms with van der Waals surface area (Å²) in [7, 11) is -0.843. The van der Waals surface area contributed by atoms with Gasteiger partial charge in [0.2, 0.25) is 0 Å². The molecule has 21 nitrogen and oxygen atoms in total. The van der Waals surface area contributed by atoms with Gasteiger partial charge < -0.3 is 29.1 Å². The minimum absolute atomic E-state index is 0. The van der Waals surface area contributed by atoms with Gasteiger partial charge in [0.15, 0.2) is 0 Å². The van der Waals surface area contributed by atoms with Gasteiger partial charge >= 0.3 is 20.3 Å². The van der Waals surface area contributed by atoms with Crippen molar-refractivity contribution in [3.8, 4) is 22.3 Å². The summed E-state index contributed by atoms with van der Waals surface area (Å²) in [5.41, 5.74) is 10.0. The molecule has 0 saturated carbocycles. The predicted octanol–water partition coefficient (Wildman–Crippen LogP) is 9.31. The van der Waals surface area contributed by atoms with Gasteiger partial charge in [-0.15, -0.1) is 0 Å². The van der Waals surface area contributed by atoms with Gasteiger partial charge in [0.1, 0.15) is 5.60 Å². The quantitative estimate of drug-likeness (QED) is 0.0522. The number of hydrogen-bond donors (Lipinski definition) is 4. The van der Waals surface area contributed by atoms with Gasteiger partial charge in [-0.2, -0.15) is 25.1 Å². The van der Waals surface area contributed by atoms with Crippen LogP contribution >= 0.6 is 15.9 Å². The van der Waals surface area contributed by atoms with E-state index in [0.717, 1.165) is 42.6 Å². The average Bonchev–Trinajstić information content (AvgIpc) is 4.15. The Morgan fingerprint density at radius 2 is 1.10 bits per heavy atom. The molecule has 73 heavy (non-hydrogen) atoms. The number of carbonyl (C=O) groups excluding carboxylic acids is 1. The summed E-state index contributed by atoms with van der Waals surface area (Å²) in [6.45, 7) is 21.5. The number of ether oxygens (including phenoxy) is 1. The third-order valence-corrected chi connectivity index (χ3v) is 11.9. The summed E-state index contributed by atoms with van der Waals surface area (Å²) >= 11 is 3.13. The van der Waals surface area contributed by atoms with Gasteiger partial charge in [-0.1, -0.05) is 53.7 Å². The van der Waals surface area contributed by atoms with Crippen LogP contribution in [0.4, 0.5) is 21.9 Å². The fourth-order valence-corrected chi connectivity index (χ4v) is 6.53. The van der Waals surface area contributed by atoms with Gasteiger partial charge in [0.25, 0.3) is 11.4 Å². The van der Waals surface area contributed by atoms with Gasteiger partial charge in [0, 0.05) is 111 Å². The number of aromatic nitrogens is 8. The van der Waals surface area contributed by atoms with Gasteiger partial charge in [-0.25, -0.2) is 4.79 Å². The van der Waals surface area contributed by atoms with Crippen molar-refractivity contribution in [2.45, 2.75) is 112 Å². The van der Waals surface area contributed by atoms with E-state index in [9.17, 15) is 25.0 Å². The molecule has 0 amide bonds. The molecular formula is C48H62B2BrFeN11O10. The predicted molar refractivity (Wildman–Crippen MR) is 281 cm³/mol. The average molecular weight is 1110 g/mol. The molecule has 2 aliphatic rings. The number of non-ortho nitro benzene ring substituents is 2. The number of aromatic amines is 3. The molecule has 2 fully saturated rings. The number of benzene rings is 3. The summed E-state index contributed by atoms with van der Waals surface area (Å²) in [6, 6.07) is 20.4. The molecule has 25 heteroatoms. The normalized spacial score (nSPS) is 15.4. The fraction of sp³-hybridized carbons (Fsp3) is 0.354. The maximum atomic E-state index is 11.9. The molecule has 2 saturated heterocycles. The molecule has 0 unspecified atom stereocenters. The summed E-state index contributed by atoms with van der Waals surface area (Å²) in [4.78, 5) is 31.7. The van der Waals surface area contributed by atoms with Crippen molar-refractivity contribution in [1.29, 1.82) is 0 Å². The zero-order valence-electron chi connectivity index (χ0n) is 41.7. The molecule has 0 spiro atoms. The van der Waals surface area contributed by atoms with Crippen molar-refractivity contribution in [2.75, 3.05) is 5.73 Å². The van der Waals surface area contributed by atoms with Crippen LogP contribution in [-0.2, 0) is 40.4 Å². The van der Waals surface area contributed by atoms with Gasteiger partial charge in [-0.3, -0.25) is 35.5 Å². The number of nitro benzene ring substituents is 2. The Balaban J connectivity index is 0.000000244. The minimum Gasteiger partial charge on any atom is -0.442 e. The maximum Gasteiger partial charge on any atom is 0.498 e. The van der Waals surface area contributed by atoms with Crippen LogP contribution in [0.3, 0.4) is 0 Å². The fourth-order valence-electron chi connectivity index (χ4n) is 6.14. The number of halogens is 1. The summed E-state index contributed by atoms with van der Waals surface area (Å²) in [6.07, 6.45) is 13.1. The van der Waals surface area contributed by atoms with Crippen molar-refractivity contribution >= 4 is 64.2 Å². The second-order valence-corrected chi connectivity index (χ2v) is 20.0. The number of carbonyl (C=O) groups is 1. The number of anilines is 1. The van der Waals surface area contributed by atoms with Crippen LogP contribution in [0.15, 0.2) is 127 Å². The first-order chi connectivity index (χ1) is 33.2. The molecule has 2 aliphatic heterocycles. The Labute approximate surface area is 444 Å². The van der Waals surface area contributed by atoms with E-state index in [2.05, 4.69) is 51.6 Å². The summed E-state index contributed by atoms with van der Waals surface area (Å²) < 4.78 is 30.6. The Bertz CT molecular complexity index is 2810. The van der Waals surface area contributed by atoms with E-state index >= 15 is 0 Å². The number of H-pyrrole nitrogens is 3. The van der Waals surface area contributed by atoms with Crippen LogP contribution in [0.2, 0.25) is 0 Å². The van der Waals surface area contributed by atoms with Crippen LogP contribution < -0.4 is 16.7 Å². The monoisotopic (exact) mass is 1110 g/mol. The van der Waals surface area contributed by atoms with E-state index in [1.165, 1.54) is 24.3 Å². The van der Waals surface area contributed by atoms with Crippen molar-refractivity contribution in [1.82, 2.24) is 40.4 Å². The second kappa shape index (κ2) is 25.5. The maximum absolute atomic E-state index is 11.9. The number of nitrogens with two attached hydrogens (primary N) is 1. The topological polar surface area (TPSA) is 279 Å². The summed E-state index contributed by atoms with van der Waals surface area (Å²) in [5.74, 6) is 0. The number of nitrogens with one attached hydrogen (secondary N) is 3. The molecule has 0 atom stereocenters. The van der Waals surface area contributed by atoms with E-state index in [1.54, 1.807) is 67.6 Å². The van der Waals surface area contributed by atoms with Crippen molar-refractivity contribution < 1.29 is 55.1 Å². The Morgan fingerprint density at radius 3 is 1.51 bits per heavy atom. The van der Waals surface area contributed by atoms with Crippen LogP contribution in [0.1, 0.15) is 83.6 Å². The zero-order chi connectivity index (χ0) is 52.4. The molecular weight excluding hydrogens is 1050 g/mol. The van der Waals surface area contributed by atoms with E-state index in [1.807, 2.05) is 107 Å². The number of nitrogens with zero attached hydrogens (tertiary/aromatic N) is 7. The summed E-state index contributed by atoms with van der Waals surface area (Å²) in [5, 5.41) is 44.3. The molecule has 5 N–H and O–H groups in total. The van der Waals surface area contributed by atoms with Gasteiger partial charge in [-0.05, 0) is 105 Å². The van der Waals surface area contributed by atoms with Gasteiger partial charge in [0.05, 0.1) is 44.6 Å².